The highest BCUT2D eigenvalue weighted by Crippen LogP contribution is 2.11. The van der Waals surface area contributed by atoms with E-state index in [1.165, 1.54) is 0 Å². The normalized spacial score (nSPS) is 10.7. The van der Waals surface area contributed by atoms with E-state index in [9.17, 15) is 4.79 Å². The lowest BCUT2D eigenvalue weighted by molar-refractivity contribution is 0.102. The number of aryl methyl sites for hydroxylation is 2. The van der Waals surface area contributed by atoms with Crippen LogP contribution in [0.3, 0.4) is 0 Å². The van der Waals surface area contributed by atoms with Crippen molar-refractivity contribution in [3.8, 4) is 0 Å². The minimum absolute atomic E-state index is 0.277. The minimum Gasteiger partial charge on any atom is -0.319 e. The molecule has 3 heterocycles. The van der Waals surface area contributed by atoms with Crippen LogP contribution in [0.5, 0.6) is 0 Å². The molecule has 20 heavy (non-hydrogen) atoms. The van der Waals surface area contributed by atoms with E-state index in [1.807, 2.05) is 19.9 Å². The number of fused-ring (bicyclic) bond motifs is 1. The van der Waals surface area contributed by atoms with Gasteiger partial charge in [0.25, 0.3) is 5.91 Å². The summed E-state index contributed by atoms with van der Waals surface area (Å²) in [6.45, 7) is 3.84. The third-order valence-corrected chi connectivity index (χ3v) is 2.89. The van der Waals surface area contributed by atoms with E-state index in [2.05, 4.69) is 20.4 Å². The third-order valence-electron chi connectivity index (χ3n) is 2.89. The molecule has 0 radical (unpaired) electrons. The van der Waals surface area contributed by atoms with E-state index < -0.39 is 0 Å². The van der Waals surface area contributed by atoms with Crippen LogP contribution in [0.1, 0.15) is 21.9 Å². The molecule has 0 atom stereocenters. The second kappa shape index (κ2) is 4.73. The molecule has 0 bridgehead atoms. The predicted molar refractivity (Wildman–Crippen MR) is 74.7 cm³/mol. The Bertz CT molecular complexity index is 779. The number of anilines is 1. The highest BCUT2D eigenvalue weighted by molar-refractivity contribution is 6.03. The van der Waals surface area contributed by atoms with Crippen molar-refractivity contribution in [2.45, 2.75) is 13.8 Å². The fourth-order valence-corrected chi connectivity index (χ4v) is 2.03. The lowest BCUT2D eigenvalue weighted by Gasteiger charge is -2.01. The van der Waals surface area contributed by atoms with Gasteiger partial charge in [0.15, 0.2) is 11.3 Å². The van der Waals surface area contributed by atoms with Gasteiger partial charge in [-0.25, -0.2) is 9.50 Å². The summed E-state index contributed by atoms with van der Waals surface area (Å²) in [5, 5.41) is 7.02. The van der Waals surface area contributed by atoms with Gasteiger partial charge in [0.1, 0.15) is 0 Å². The standard InChI is InChI=1S/C14H13N5O/c1-9-6-10(2)19-13(16-9)7-12(18-19)14(20)17-11-4-3-5-15-8-11/h3-8H,1-2H3,(H,17,20). The van der Waals surface area contributed by atoms with Crippen molar-refractivity contribution in [1.82, 2.24) is 19.6 Å². The van der Waals surface area contributed by atoms with Gasteiger partial charge in [-0.1, -0.05) is 0 Å². The van der Waals surface area contributed by atoms with E-state index in [0.29, 0.717) is 17.0 Å². The lowest BCUT2D eigenvalue weighted by atomic mass is 10.3. The van der Waals surface area contributed by atoms with Crippen LogP contribution in [0.25, 0.3) is 5.65 Å². The molecular formula is C14H13N5O. The average molecular weight is 267 g/mol. The van der Waals surface area contributed by atoms with Crippen molar-refractivity contribution in [2.75, 3.05) is 5.32 Å². The Morgan fingerprint density at radius 1 is 1.30 bits per heavy atom. The predicted octanol–water partition coefficient (Wildman–Crippen LogP) is 1.99. The first-order chi connectivity index (χ1) is 9.63. The molecule has 0 aromatic carbocycles. The summed E-state index contributed by atoms with van der Waals surface area (Å²) in [7, 11) is 0. The molecule has 0 unspecified atom stereocenters. The Kier molecular flexibility index (Phi) is 2.90. The van der Waals surface area contributed by atoms with Gasteiger partial charge in [-0.2, -0.15) is 5.10 Å². The number of carbonyl (C=O) groups is 1. The van der Waals surface area contributed by atoms with Crippen LogP contribution >= 0.6 is 0 Å². The van der Waals surface area contributed by atoms with Gasteiger partial charge < -0.3 is 5.32 Å². The molecule has 0 spiro atoms. The maximum Gasteiger partial charge on any atom is 0.276 e. The van der Waals surface area contributed by atoms with E-state index in [1.54, 1.807) is 35.1 Å². The van der Waals surface area contributed by atoms with Gasteiger partial charge in [0.2, 0.25) is 0 Å². The van der Waals surface area contributed by atoms with Crippen molar-refractivity contribution >= 4 is 17.2 Å². The fraction of sp³-hybridized carbons (Fsp3) is 0.143. The van der Waals surface area contributed by atoms with Gasteiger partial charge >= 0.3 is 0 Å². The average Bonchev–Trinajstić information content (AvgIpc) is 2.84. The quantitative estimate of drug-likeness (QED) is 0.770. The molecule has 3 rings (SSSR count). The highest BCUT2D eigenvalue weighted by atomic mass is 16.1. The maximum atomic E-state index is 12.1. The second-order valence-corrected chi connectivity index (χ2v) is 4.53. The van der Waals surface area contributed by atoms with Crippen LogP contribution in [-0.4, -0.2) is 25.5 Å². The van der Waals surface area contributed by atoms with Crippen molar-refractivity contribution in [2.24, 2.45) is 0 Å². The highest BCUT2D eigenvalue weighted by Gasteiger charge is 2.13. The zero-order chi connectivity index (χ0) is 14.1. The summed E-state index contributed by atoms with van der Waals surface area (Å²) < 4.78 is 1.66. The van der Waals surface area contributed by atoms with Crippen LogP contribution in [0, 0.1) is 13.8 Å². The van der Waals surface area contributed by atoms with E-state index in [-0.39, 0.29) is 5.91 Å². The van der Waals surface area contributed by atoms with Crippen molar-refractivity contribution in [3.63, 3.8) is 0 Å². The van der Waals surface area contributed by atoms with Gasteiger partial charge in [-0.05, 0) is 32.0 Å². The minimum atomic E-state index is -0.277. The third kappa shape index (κ3) is 2.23. The van der Waals surface area contributed by atoms with Crippen molar-refractivity contribution in [1.29, 1.82) is 0 Å². The van der Waals surface area contributed by atoms with Crippen LogP contribution in [0.15, 0.2) is 36.7 Å². The van der Waals surface area contributed by atoms with Gasteiger partial charge in [0.05, 0.1) is 11.9 Å². The van der Waals surface area contributed by atoms with Crippen molar-refractivity contribution in [3.05, 3.63) is 53.7 Å². The summed E-state index contributed by atoms with van der Waals surface area (Å²) in [5.41, 5.74) is 3.46. The molecule has 1 amide bonds. The van der Waals surface area contributed by atoms with Gasteiger partial charge in [-0.15, -0.1) is 0 Å². The molecule has 0 saturated heterocycles. The second-order valence-electron chi connectivity index (χ2n) is 4.53. The zero-order valence-electron chi connectivity index (χ0n) is 11.2. The number of nitrogens with zero attached hydrogens (tertiary/aromatic N) is 4. The number of amides is 1. The number of nitrogens with one attached hydrogen (secondary N) is 1. The van der Waals surface area contributed by atoms with Gasteiger partial charge in [0, 0.05) is 23.7 Å². The van der Waals surface area contributed by atoms with Crippen LogP contribution in [0.4, 0.5) is 5.69 Å². The Balaban J connectivity index is 1.94. The number of pyridine rings is 1. The summed E-state index contributed by atoms with van der Waals surface area (Å²) in [6.07, 6.45) is 3.23. The number of rotatable bonds is 2. The van der Waals surface area contributed by atoms with Crippen LogP contribution in [-0.2, 0) is 0 Å². The molecule has 6 nitrogen and oxygen atoms in total. The summed E-state index contributed by atoms with van der Waals surface area (Å²) >= 11 is 0. The van der Waals surface area contributed by atoms with Crippen LogP contribution in [0.2, 0.25) is 0 Å². The molecule has 0 aliphatic carbocycles. The first kappa shape index (κ1) is 12.3. The number of hydrogen-bond donors (Lipinski definition) is 1. The molecular weight excluding hydrogens is 254 g/mol. The molecule has 3 aromatic heterocycles. The molecule has 100 valence electrons. The SMILES string of the molecule is Cc1cc(C)n2nc(C(=O)Nc3cccnc3)cc2n1. The fourth-order valence-electron chi connectivity index (χ4n) is 2.03. The summed E-state index contributed by atoms with van der Waals surface area (Å²) in [4.78, 5) is 20.4. The van der Waals surface area contributed by atoms with E-state index in [4.69, 9.17) is 0 Å². The van der Waals surface area contributed by atoms with Crippen molar-refractivity contribution < 1.29 is 4.79 Å². The molecule has 6 heteroatoms. The largest absolute Gasteiger partial charge is 0.319 e. The number of hydrogen-bond acceptors (Lipinski definition) is 4. The molecule has 0 aliphatic rings. The summed E-state index contributed by atoms with van der Waals surface area (Å²) in [6, 6.07) is 7.12. The maximum absolute atomic E-state index is 12.1. The molecule has 3 aromatic rings. The van der Waals surface area contributed by atoms with Gasteiger partial charge in [-0.3, -0.25) is 9.78 Å². The monoisotopic (exact) mass is 267 g/mol. The topological polar surface area (TPSA) is 72.2 Å². The molecule has 0 fully saturated rings. The van der Waals surface area contributed by atoms with Crippen LogP contribution < -0.4 is 5.32 Å². The lowest BCUT2D eigenvalue weighted by Crippen LogP contribution is -2.12. The van der Waals surface area contributed by atoms with E-state index in [0.717, 1.165) is 11.4 Å². The Hall–Kier alpha value is -2.76. The zero-order valence-corrected chi connectivity index (χ0v) is 11.2. The number of aromatic nitrogens is 4. The Morgan fingerprint density at radius 3 is 2.90 bits per heavy atom. The number of carbonyl (C=O) groups excluding carboxylic acids is 1. The first-order valence-electron chi connectivity index (χ1n) is 6.19. The molecule has 0 aliphatic heterocycles. The van der Waals surface area contributed by atoms with E-state index >= 15 is 0 Å². The Morgan fingerprint density at radius 2 is 2.15 bits per heavy atom. The Labute approximate surface area is 115 Å². The smallest absolute Gasteiger partial charge is 0.276 e. The molecule has 0 saturated carbocycles. The first-order valence-corrected chi connectivity index (χ1v) is 6.19. The summed E-state index contributed by atoms with van der Waals surface area (Å²) in [5.74, 6) is -0.277. The molecule has 1 N–H and O–H groups in total.